The van der Waals surface area contributed by atoms with Gasteiger partial charge in [0.2, 0.25) is 23.6 Å². The lowest BCUT2D eigenvalue weighted by atomic mass is 9.51. The third-order valence-electron chi connectivity index (χ3n) is 13.7. The van der Waals surface area contributed by atoms with Crippen LogP contribution in [0.4, 0.5) is 5.82 Å². The van der Waals surface area contributed by atoms with Crippen LogP contribution in [-0.4, -0.2) is 49.5 Å². The maximum absolute atomic E-state index is 15.3. The molecule has 0 radical (unpaired) electrons. The maximum Gasteiger partial charge on any atom is 0.242 e. The van der Waals surface area contributed by atoms with Gasteiger partial charge in [0, 0.05) is 40.4 Å². The van der Waals surface area contributed by atoms with Crippen molar-refractivity contribution in [2.24, 2.45) is 36.1 Å². The highest BCUT2D eigenvalue weighted by molar-refractivity contribution is 7.22. The first-order chi connectivity index (χ1) is 26.5. The van der Waals surface area contributed by atoms with E-state index in [-0.39, 0.29) is 41.8 Å². The van der Waals surface area contributed by atoms with Gasteiger partial charge in [-0.05, 0) is 91.4 Å². The molecule has 0 bridgehead atoms. The molecule has 4 fully saturated rings. The predicted molar refractivity (Wildman–Crippen MR) is 213 cm³/mol. The van der Waals surface area contributed by atoms with Crippen LogP contribution < -0.4 is 4.90 Å². The number of aromatic nitrogens is 2. The number of carbonyl (C=O) groups excluding carboxylic acids is 4. The number of thiophene rings is 1. The van der Waals surface area contributed by atoms with Gasteiger partial charge in [-0.2, -0.15) is 5.10 Å². The monoisotopic (exact) mass is 772 g/mol. The quantitative estimate of drug-likeness (QED) is 0.145. The molecule has 6 atom stereocenters. The number of anilines is 1. The van der Waals surface area contributed by atoms with Gasteiger partial charge >= 0.3 is 0 Å². The van der Waals surface area contributed by atoms with Gasteiger partial charge in [0.25, 0.3) is 0 Å². The van der Waals surface area contributed by atoms with Crippen molar-refractivity contribution in [2.75, 3.05) is 4.90 Å². The zero-order valence-corrected chi connectivity index (χ0v) is 32.5. The summed E-state index contributed by atoms with van der Waals surface area (Å²) in [6.07, 6.45) is 7.42. The van der Waals surface area contributed by atoms with Gasteiger partial charge in [0.05, 0.1) is 28.0 Å². The Morgan fingerprint density at radius 3 is 2.49 bits per heavy atom. The largest absolute Gasteiger partial charge is 0.508 e. The number of nitrogens with zero attached hydrogens (tertiary/aromatic N) is 4. The van der Waals surface area contributed by atoms with Crippen LogP contribution in [0.2, 0.25) is 5.02 Å². The minimum atomic E-state index is -1.31. The summed E-state index contributed by atoms with van der Waals surface area (Å²) in [5, 5.41) is 20.0. The molecular formula is C44H41ClN4O5S. The Morgan fingerprint density at radius 2 is 1.69 bits per heavy atom. The lowest BCUT2D eigenvalue weighted by Crippen LogP contribution is -2.49. The number of carbonyl (C=O) groups is 4. The fourth-order valence-corrected chi connectivity index (χ4v) is 12.4. The van der Waals surface area contributed by atoms with Gasteiger partial charge in [-0.3, -0.25) is 28.8 Å². The van der Waals surface area contributed by atoms with Crippen molar-refractivity contribution in [3.05, 3.63) is 88.5 Å². The summed E-state index contributed by atoms with van der Waals surface area (Å²) in [7, 11) is 1.74. The highest BCUT2D eigenvalue weighted by Gasteiger charge is 2.68. The Balaban J connectivity index is 1.12. The van der Waals surface area contributed by atoms with Crippen LogP contribution >= 0.6 is 22.9 Å². The second-order valence-corrected chi connectivity index (χ2v) is 17.9. The molecule has 3 aromatic carbocycles. The van der Waals surface area contributed by atoms with Crippen LogP contribution in [0.5, 0.6) is 5.75 Å². The van der Waals surface area contributed by atoms with Crippen molar-refractivity contribution in [1.29, 1.82) is 0 Å². The molecule has 5 aliphatic rings. The average molecular weight is 773 g/mol. The molecule has 5 aromatic rings. The van der Waals surface area contributed by atoms with Crippen LogP contribution in [0.25, 0.3) is 31.4 Å². The molecule has 1 N–H and O–H groups in total. The van der Waals surface area contributed by atoms with Crippen LogP contribution in [0.1, 0.15) is 68.9 Å². The fraction of sp³-hybridized carbons (Fsp3) is 0.386. The number of halogens is 1. The Hall–Kier alpha value is -4.80. The van der Waals surface area contributed by atoms with E-state index in [1.165, 1.54) is 4.90 Å². The van der Waals surface area contributed by atoms with Crippen LogP contribution in [0.3, 0.4) is 0 Å². The fourth-order valence-electron chi connectivity index (χ4n) is 11.1. The smallest absolute Gasteiger partial charge is 0.242 e. The van der Waals surface area contributed by atoms with Crippen molar-refractivity contribution in [2.45, 2.75) is 70.8 Å². The normalized spacial score (nSPS) is 28.3. The molecule has 9 nitrogen and oxygen atoms in total. The molecule has 2 saturated carbocycles. The van der Waals surface area contributed by atoms with E-state index in [4.69, 9.17) is 16.7 Å². The number of benzene rings is 3. The standard InChI is InChI=1S/C44H41ClN4O5S/c1-22-29-19-24(45)14-18-34(29)55-39(22)32-21-35(47(3)46-32)49-41(52)31-20-30-27(15-16-28-36(30)42(53)48(40(28)51)25-10-5-4-6-11-25)38(44(31,2)43(49)54)37-26-12-8-7-9-23(26)13-17-33(37)50/h7-9,12-15,17-19,21,25,28,30-31,36,38,50H,4-6,10-11,16,20H2,1-3H3. The topological polar surface area (TPSA) is 113 Å². The number of hydrogen-bond acceptors (Lipinski definition) is 7. The Kier molecular flexibility index (Phi) is 7.79. The van der Waals surface area contributed by atoms with Gasteiger partial charge in [-0.25, -0.2) is 4.90 Å². The lowest BCUT2D eigenvalue weighted by Gasteiger charge is -2.49. The summed E-state index contributed by atoms with van der Waals surface area (Å²) >= 11 is 7.93. The molecule has 10 rings (SSSR count). The summed E-state index contributed by atoms with van der Waals surface area (Å²) < 4.78 is 2.65. The number of phenolic OH excluding ortho intramolecular Hbond substituents is 1. The number of amides is 4. The predicted octanol–water partition coefficient (Wildman–Crippen LogP) is 8.69. The van der Waals surface area contributed by atoms with Crippen LogP contribution in [0, 0.1) is 36.0 Å². The second kappa shape index (κ2) is 12.4. The molecule has 4 amide bonds. The number of fused-ring (bicyclic) bond motifs is 6. The lowest BCUT2D eigenvalue weighted by molar-refractivity contribution is -0.144. The van der Waals surface area contributed by atoms with Gasteiger partial charge in [0.1, 0.15) is 17.3 Å². The Labute approximate surface area is 327 Å². The van der Waals surface area contributed by atoms with Crippen LogP contribution in [0.15, 0.2) is 72.3 Å². The van der Waals surface area contributed by atoms with E-state index < -0.39 is 35.0 Å². The number of imide groups is 2. The van der Waals surface area contributed by atoms with Crippen molar-refractivity contribution in [3.8, 4) is 16.3 Å². The van der Waals surface area contributed by atoms with Gasteiger partial charge < -0.3 is 5.11 Å². The van der Waals surface area contributed by atoms with E-state index in [0.29, 0.717) is 28.5 Å². The molecule has 11 heteroatoms. The average Bonchev–Trinajstić information content (AvgIpc) is 3.85. The first-order valence-corrected chi connectivity index (χ1v) is 20.6. The molecule has 3 aliphatic carbocycles. The summed E-state index contributed by atoms with van der Waals surface area (Å²) in [4.78, 5) is 62.8. The van der Waals surface area contributed by atoms with Gasteiger partial charge in [0.15, 0.2) is 0 Å². The van der Waals surface area contributed by atoms with Gasteiger partial charge in [-0.15, -0.1) is 11.3 Å². The summed E-state index contributed by atoms with van der Waals surface area (Å²) in [5.41, 5.74) is 1.80. The minimum Gasteiger partial charge on any atom is -0.508 e. The van der Waals surface area contributed by atoms with E-state index >= 15 is 9.59 Å². The molecule has 6 unspecified atom stereocenters. The minimum absolute atomic E-state index is 0.0341. The number of aromatic hydroxyl groups is 1. The maximum atomic E-state index is 15.3. The molecular weight excluding hydrogens is 732 g/mol. The number of hydrogen-bond donors (Lipinski definition) is 1. The first-order valence-electron chi connectivity index (χ1n) is 19.4. The molecule has 4 heterocycles. The van der Waals surface area contributed by atoms with Crippen LogP contribution in [-0.2, 0) is 26.2 Å². The van der Waals surface area contributed by atoms with Gasteiger partial charge in [-0.1, -0.05) is 72.8 Å². The zero-order chi connectivity index (χ0) is 38.1. The number of phenols is 1. The van der Waals surface area contributed by atoms with E-state index in [9.17, 15) is 14.7 Å². The summed E-state index contributed by atoms with van der Waals surface area (Å²) in [6.45, 7) is 3.88. The molecule has 2 aromatic heterocycles. The third-order valence-corrected chi connectivity index (χ3v) is 15.2. The Bertz CT molecular complexity index is 2550. The third kappa shape index (κ3) is 4.79. The highest BCUT2D eigenvalue weighted by atomic mass is 35.5. The van der Waals surface area contributed by atoms with Crippen molar-refractivity contribution in [1.82, 2.24) is 14.7 Å². The number of rotatable bonds is 4. The number of allylic oxidation sites excluding steroid dienone is 2. The first kappa shape index (κ1) is 34.7. The summed E-state index contributed by atoms with van der Waals surface area (Å²) in [5.74, 6) is -3.69. The van der Waals surface area contributed by atoms with E-state index in [0.717, 1.165) is 69.0 Å². The van der Waals surface area contributed by atoms with Crippen molar-refractivity contribution in [3.63, 3.8) is 0 Å². The van der Waals surface area contributed by atoms with Crippen molar-refractivity contribution < 1.29 is 24.3 Å². The van der Waals surface area contributed by atoms with E-state index in [1.807, 2.05) is 68.4 Å². The SMILES string of the molecule is Cc1c(-c2cc(N3C(=O)C4CC5C(=CCC6C(=O)N(C7CCCCC7)C(=O)C65)C(c5c(O)ccc6ccccc56)C4(C)C3=O)n(C)n2)sc2ccc(Cl)cc12. The van der Waals surface area contributed by atoms with Crippen molar-refractivity contribution >= 4 is 73.2 Å². The number of likely N-dealkylation sites (tertiary alicyclic amines) is 1. The van der Waals surface area contributed by atoms with E-state index in [1.54, 1.807) is 34.0 Å². The summed E-state index contributed by atoms with van der Waals surface area (Å²) in [6, 6.07) is 18.8. The highest BCUT2D eigenvalue weighted by Crippen LogP contribution is 2.65. The second-order valence-electron chi connectivity index (χ2n) is 16.4. The molecule has 0 spiro atoms. The Morgan fingerprint density at radius 1 is 0.909 bits per heavy atom. The zero-order valence-electron chi connectivity index (χ0n) is 30.9. The molecule has 2 saturated heterocycles. The number of aryl methyl sites for hydroxylation is 2. The molecule has 2 aliphatic heterocycles. The molecule has 55 heavy (non-hydrogen) atoms. The van der Waals surface area contributed by atoms with E-state index in [2.05, 4.69) is 6.08 Å². The molecule has 280 valence electrons.